The molecule has 1 atom stereocenters. The van der Waals surface area contributed by atoms with Crippen LogP contribution in [0.25, 0.3) is 11.1 Å². The highest BCUT2D eigenvalue weighted by Gasteiger charge is 2.41. The Hall–Kier alpha value is -3.09. The van der Waals surface area contributed by atoms with Crippen LogP contribution < -0.4 is 14.2 Å². The van der Waals surface area contributed by atoms with E-state index >= 15 is 0 Å². The number of nitrogens with zero attached hydrogens (tertiary/aromatic N) is 1. The minimum atomic E-state index is -0.363. The molecule has 1 unspecified atom stereocenters. The summed E-state index contributed by atoms with van der Waals surface area (Å²) in [5.74, 6) is 1.57. The highest BCUT2D eigenvalue weighted by atomic mass is 16.5. The van der Waals surface area contributed by atoms with E-state index in [-0.39, 0.29) is 17.9 Å². The van der Waals surface area contributed by atoms with E-state index in [0.717, 1.165) is 22.3 Å². The van der Waals surface area contributed by atoms with Crippen LogP contribution in [-0.2, 0) is 17.6 Å². The number of carbonyl (C=O) groups is 1. The monoisotopic (exact) mass is 385 g/mol. The largest absolute Gasteiger partial charge is 0.504 e. The van der Waals surface area contributed by atoms with Gasteiger partial charge < -0.3 is 29.0 Å². The van der Waals surface area contributed by atoms with Crippen LogP contribution in [0.5, 0.6) is 23.0 Å². The van der Waals surface area contributed by atoms with E-state index in [4.69, 9.17) is 18.9 Å². The lowest BCUT2D eigenvalue weighted by atomic mass is 9.76. The Balaban J connectivity index is 2.06. The predicted molar refractivity (Wildman–Crippen MR) is 102 cm³/mol. The second-order valence-corrected chi connectivity index (χ2v) is 6.84. The molecule has 0 bridgehead atoms. The summed E-state index contributed by atoms with van der Waals surface area (Å²) in [5.41, 5.74) is 4.35. The summed E-state index contributed by atoms with van der Waals surface area (Å²) in [7, 11) is 6.07. The number of amides is 1. The third-order valence-electron chi connectivity index (χ3n) is 5.65. The van der Waals surface area contributed by atoms with E-state index < -0.39 is 0 Å². The molecule has 7 heteroatoms. The summed E-state index contributed by atoms with van der Waals surface area (Å²) in [6.07, 6.45) is 0.865. The van der Waals surface area contributed by atoms with Crippen LogP contribution in [0.3, 0.4) is 0 Å². The molecule has 0 saturated heterocycles. The van der Waals surface area contributed by atoms with Crippen LogP contribution in [0.4, 0.5) is 4.79 Å². The normalized spacial score (nSPS) is 16.7. The van der Waals surface area contributed by atoms with Crippen LogP contribution in [0.2, 0.25) is 0 Å². The highest BCUT2D eigenvalue weighted by molar-refractivity contribution is 5.89. The number of fused-ring (bicyclic) bond motifs is 2. The lowest BCUT2D eigenvalue weighted by Crippen LogP contribution is -2.42. The van der Waals surface area contributed by atoms with Crippen molar-refractivity contribution in [3.05, 3.63) is 34.9 Å². The van der Waals surface area contributed by atoms with Crippen molar-refractivity contribution in [3.8, 4) is 34.1 Å². The third-order valence-corrected chi connectivity index (χ3v) is 5.65. The standard InChI is InChI=1S/C21H23NO6/c1-25-14-6-5-11-9-13-16-12(7-8-22(13)21(24)28-4)10-15(26-2)20(27-3)18(16)17(11)19(14)23/h5-6,10,13,23H,7-9H2,1-4H3. The summed E-state index contributed by atoms with van der Waals surface area (Å²) in [6.45, 7) is 0.552. The van der Waals surface area contributed by atoms with Crippen LogP contribution in [-0.4, -0.2) is 51.1 Å². The minimum absolute atomic E-state index is 0.0578. The Kier molecular flexibility index (Phi) is 4.45. The Morgan fingerprint density at radius 3 is 2.43 bits per heavy atom. The number of carbonyl (C=O) groups excluding carboxylic acids is 1. The lowest BCUT2D eigenvalue weighted by Gasteiger charge is -2.41. The van der Waals surface area contributed by atoms with Crippen molar-refractivity contribution in [2.75, 3.05) is 35.0 Å². The molecule has 2 aliphatic rings. The second-order valence-electron chi connectivity index (χ2n) is 6.84. The van der Waals surface area contributed by atoms with Gasteiger partial charge in [0.2, 0.25) is 0 Å². The van der Waals surface area contributed by atoms with Gasteiger partial charge in [0.15, 0.2) is 23.0 Å². The maximum absolute atomic E-state index is 12.4. The topological polar surface area (TPSA) is 77.5 Å². The Morgan fingerprint density at radius 2 is 1.79 bits per heavy atom. The summed E-state index contributed by atoms with van der Waals surface area (Å²) in [5, 5.41) is 10.9. The van der Waals surface area contributed by atoms with Crippen LogP contribution in [0, 0.1) is 0 Å². The van der Waals surface area contributed by atoms with Gasteiger partial charge in [0.25, 0.3) is 0 Å². The van der Waals surface area contributed by atoms with Gasteiger partial charge >= 0.3 is 6.09 Å². The molecule has 0 aromatic heterocycles. The van der Waals surface area contributed by atoms with Gasteiger partial charge in [-0.25, -0.2) is 4.79 Å². The number of phenols is 1. The Bertz CT molecular complexity index is 955. The zero-order valence-electron chi connectivity index (χ0n) is 16.4. The number of rotatable bonds is 3. The summed E-state index contributed by atoms with van der Waals surface area (Å²) in [4.78, 5) is 14.2. The van der Waals surface area contributed by atoms with Crippen molar-refractivity contribution >= 4 is 6.09 Å². The predicted octanol–water partition coefficient (Wildman–Crippen LogP) is 3.31. The second kappa shape index (κ2) is 6.82. The first-order valence-electron chi connectivity index (χ1n) is 9.07. The number of benzene rings is 2. The minimum Gasteiger partial charge on any atom is -0.504 e. The molecule has 2 aromatic carbocycles. The first-order chi connectivity index (χ1) is 13.5. The molecule has 1 heterocycles. The molecular weight excluding hydrogens is 362 g/mol. The molecule has 7 nitrogen and oxygen atoms in total. The van der Waals surface area contributed by atoms with Crippen LogP contribution in [0.15, 0.2) is 18.2 Å². The van der Waals surface area contributed by atoms with Crippen molar-refractivity contribution in [3.63, 3.8) is 0 Å². The zero-order valence-corrected chi connectivity index (χ0v) is 16.4. The first kappa shape index (κ1) is 18.3. The number of ether oxygens (including phenoxy) is 4. The summed E-state index contributed by atoms with van der Waals surface area (Å²) < 4.78 is 21.6. The molecule has 1 N–H and O–H groups in total. The number of hydrogen-bond acceptors (Lipinski definition) is 6. The molecule has 1 amide bonds. The lowest BCUT2D eigenvalue weighted by molar-refractivity contribution is 0.100. The van der Waals surface area contributed by atoms with Gasteiger partial charge in [-0.1, -0.05) is 6.07 Å². The fourth-order valence-corrected chi connectivity index (χ4v) is 4.43. The number of aromatic hydroxyl groups is 1. The van der Waals surface area contributed by atoms with E-state index in [1.54, 1.807) is 25.2 Å². The van der Waals surface area contributed by atoms with Crippen LogP contribution >= 0.6 is 0 Å². The van der Waals surface area contributed by atoms with Gasteiger partial charge in [-0.05, 0) is 41.7 Å². The van der Waals surface area contributed by atoms with E-state index in [1.807, 2.05) is 12.1 Å². The van der Waals surface area contributed by atoms with Crippen LogP contribution in [0.1, 0.15) is 22.7 Å². The van der Waals surface area contributed by atoms with E-state index in [1.165, 1.54) is 14.2 Å². The summed E-state index contributed by atoms with van der Waals surface area (Å²) >= 11 is 0. The Labute approximate surface area is 163 Å². The zero-order chi connectivity index (χ0) is 20.0. The number of methoxy groups -OCH3 is 4. The molecule has 0 radical (unpaired) electrons. The molecule has 1 aliphatic heterocycles. The molecular formula is C21H23NO6. The van der Waals surface area contributed by atoms with E-state index in [9.17, 15) is 9.90 Å². The molecule has 28 heavy (non-hydrogen) atoms. The fraction of sp³-hybridized carbons (Fsp3) is 0.381. The van der Waals surface area contributed by atoms with Crippen molar-refractivity contribution < 1.29 is 28.8 Å². The van der Waals surface area contributed by atoms with Crippen molar-refractivity contribution in [1.29, 1.82) is 0 Å². The summed E-state index contributed by atoms with van der Waals surface area (Å²) in [6, 6.07) is 5.41. The highest BCUT2D eigenvalue weighted by Crippen LogP contribution is 2.56. The molecule has 0 fully saturated rings. The first-order valence-corrected chi connectivity index (χ1v) is 9.07. The molecule has 0 spiro atoms. The van der Waals surface area contributed by atoms with Gasteiger partial charge in [-0.3, -0.25) is 0 Å². The average Bonchev–Trinajstić information content (AvgIpc) is 2.72. The smallest absolute Gasteiger partial charge is 0.410 e. The maximum atomic E-state index is 12.4. The average molecular weight is 385 g/mol. The molecule has 0 saturated carbocycles. The van der Waals surface area contributed by atoms with E-state index in [2.05, 4.69) is 0 Å². The molecule has 4 rings (SSSR count). The molecule has 2 aromatic rings. The SMILES string of the molecule is COC(=O)N1CCc2cc(OC)c(OC)c3c2C1Cc1ccc(OC)c(O)c1-3. The van der Waals surface area contributed by atoms with Crippen molar-refractivity contribution in [2.45, 2.75) is 18.9 Å². The third kappa shape index (κ3) is 2.46. The van der Waals surface area contributed by atoms with Gasteiger partial charge in [0.1, 0.15) is 0 Å². The number of hydrogen-bond donors (Lipinski definition) is 1. The van der Waals surface area contributed by atoms with Crippen molar-refractivity contribution in [1.82, 2.24) is 4.90 Å². The number of phenolic OH excluding ortho intramolecular Hbond substituents is 1. The molecule has 1 aliphatic carbocycles. The Morgan fingerprint density at radius 1 is 1.04 bits per heavy atom. The van der Waals surface area contributed by atoms with Gasteiger partial charge in [-0.15, -0.1) is 0 Å². The maximum Gasteiger partial charge on any atom is 0.410 e. The van der Waals surface area contributed by atoms with Gasteiger partial charge in [-0.2, -0.15) is 0 Å². The van der Waals surface area contributed by atoms with Crippen molar-refractivity contribution in [2.24, 2.45) is 0 Å². The van der Waals surface area contributed by atoms with Gasteiger partial charge in [0, 0.05) is 17.7 Å². The molecule has 148 valence electrons. The van der Waals surface area contributed by atoms with E-state index in [0.29, 0.717) is 42.2 Å². The van der Waals surface area contributed by atoms with Gasteiger partial charge in [0.05, 0.1) is 34.5 Å². The quantitative estimate of drug-likeness (QED) is 0.874. The fourth-order valence-electron chi connectivity index (χ4n) is 4.43.